The molecule has 35 heavy (non-hydrogen) atoms. The molecule has 0 unspecified atom stereocenters. The monoisotopic (exact) mass is 493 g/mol. The topological polar surface area (TPSA) is 96.0 Å². The van der Waals surface area contributed by atoms with Crippen LogP contribution in [0.2, 0.25) is 0 Å². The highest BCUT2D eigenvalue weighted by Gasteiger charge is 2.75. The van der Waals surface area contributed by atoms with Crippen LogP contribution in [-0.4, -0.2) is 48.3 Å². The summed E-state index contributed by atoms with van der Waals surface area (Å²) in [6.45, 7) is 8.23. The molecule has 0 aliphatic carbocycles. The Labute approximate surface area is 207 Å². The number of nitrogens with zero attached hydrogens (tertiary/aromatic N) is 2. The molecule has 1 N–H and O–H groups in total. The van der Waals surface area contributed by atoms with Crippen molar-refractivity contribution in [2.45, 2.75) is 52.1 Å². The molecule has 4 atom stereocenters. The first-order valence-electron chi connectivity index (χ1n) is 11.9. The van der Waals surface area contributed by atoms with E-state index in [2.05, 4.69) is 10.2 Å². The van der Waals surface area contributed by atoms with E-state index < -0.39 is 29.3 Å². The molecule has 9 heteroatoms. The molecule has 3 fully saturated rings. The smallest absolute Gasteiger partial charge is 0.341 e. The lowest BCUT2D eigenvalue weighted by Gasteiger charge is -2.36. The zero-order valence-electron chi connectivity index (χ0n) is 20.4. The third-order valence-electron chi connectivity index (χ3n) is 8.40. The van der Waals surface area contributed by atoms with Crippen LogP contribution >= 0.6 is 11.3 Å². The fourth-order valence-electron chi connectivity index (χ4n) is 6.97. The van der Waals surface area contributed by atoms with Crippen LogP contribution in [0.15, 0.2) is 12.1 Å². The van der Waals surface area contributed by atoms with Gasteiger partial charge in [-0.2, -0.15) is 0 Å². The SMILES string of the molecule is COC(=O)c1c(N2C(=O)[C@@H]3[C@H]4CCCN4[C@@]4(C(=O)Nc5c(C)cc(C)cc54)[C@H]3C2=O)sc(C)c1C. The van der Waals surface area contributed by atoms with Crippen molar-refractivity contribution in [1.29, 1.82) is 0 Å². The second-order valence-electron chi connectivity index (χ2n) is 10.1. The van der Waals surface area contributed by atoms with Crippen LogP contribution < -0.4 is 10.2 Å². The molecule has 1 aromatic heterocycles. The number of aryl methyl sites for hydroxylation is 3. The number of hydrogen-bond acceptors (Lipinski definition) is 7. The van der Waals surface area contributed by atoms with Crippen LogP contribution in [0.3, 0.4) is 0 Å². The van der Waals surface area contributed by atoms with Crippen molar-refractivity contribution in [3.63, 3.8) is 0 Å². The maximum absolute atomic E-state index is 14.3. The van der Waals surface area contributed by atoms with Gasteiger partial charge >= 0.3 is 5.97 Å². The summed E-state index contributed by atoms with van der Waals surface area (Å²) < 4.78 is 4.99. The minimum atomic E-state index is -1.23. The number of carbonyl (C=O) groups excluding carboxylic acids is 4. The van der Waals surface area contributed by atoms with E-state index in [9.17, 15) is 19.2 Å². The number of anilines is 2. The van der Waals surface area contributed by atoms with Gasteiger partial charge in [-0.15, -0.1) is 11.3 Å². The average Bonchev–Trinajstić information content (AvgIpc) is 3.56. The minimum Gasteiger partial charge on any atom is -0.465 e. The zero-order chi connectivity index (χ0) is 25.0. The molecule has 182 valence electrons. The third kappa shape index (κ3) is 2.55. The lowest BCUT2D eigenvalue weighted by atomic mass is 9.75. The van der Waals surface area contributed by atoms with Gasteiger partial charge in [-0.05, 0) is 58.2 Å². The Balaban J connectivity index is 1.57. The van der Waals surface area contributed by atoms with Crippen molar-refractivity contribution in [3.05, 3.63) is 44.8 Å². The standard InChI is InChI=1S/C26H27N3O5S/c1-11-9-12(2)20-15(10-11)26(25(33)27-20)19-18(16-7-6-8-28(16)26)21(30)29(22(19)31)23-17(24(32)34-5)13(3)14(4)35-23/h9-10,16,18-19H,6-8H2,1-5H3,(H,27,33)/t16-,18-,19-,26-/m1/s1. The maximum atomic E-state index is 14.3. The van der Waals surface area contributed by atoms with Crippen LogP contribution in [0.4, 0.5) is 10.7 Å². The first kappa shape index (κ1) is 22.4. The Morgan fingerprint density at radius 2 is 1.89 bits per heavy atom. The molecule has 1 spiro atoms. The lowest BCUT2D eigenvalue weighted by molar-refractivity contribution is -0.135. The number of hydrogen-bond donors (Lipinski definition) is 1. The lowest BCUT2D eigenvalue weighted by Crippen LogP contribution is -2.54. The van der Waals surface area contributed by atoms with Gasteiger partial charge in [0.1, 0.15) is 10.5 Å². The van der Waals surface area contributed by atoms with Crippen LogP contribution in [0.5, 0.6) is 0 Å². The van der Waals surface area contributed by atoms with Crippen molar-refractivity contribution in [2.75, 3.05) is 23.9 Å². The van der Waals surface area contributed by atoms with Gasteiger partial charge in [-0.3, -0.25) is 19.3 Å². The van der Waals surface area contributed by atoms with Gasteiger partial charge in [0.2, 0.25) is 17.7 Å². The van der Waals surface area contributed by atoms with E-state index in [1.165, 1.54) is 23.3 Å². The molecule has 0 radical (unpaired) electrons. The van der Waals surface area contributed by atoms with Crippen LogP contribution in [0, 0.1) is 39.5 Å². The van der Waals surface area contributed by atoms with Crippen LogP contribution in [0.25, 0.3) is 0 Å². The van der Waals surface area contributed by atoms with E-state index in [-0.39, 0.29) is 23.4 Å². The molecule has 3 saturated heterocycles. The third-order valence-corrected chi connectivity index (χ3v) is 9.59. The van der Waals surface area contributed by atoms with Gasteiger partial charge in [0, 0.05) is 22.2 Å². The number of nitrogens with one attached hydrogen (secondary N) is 1. The first-order chi connectivity index (χ1) is 16.6. The molecule has 3 amide bonds. The van der Waals surface area contributed by atoms with Gasteiger partial charge in [-0.25, -0.2) is 9.69 Å². The molecule has 1 aromatic carbocycles. The normalized spacial score (nSPS) is 29.1. The van der Waals surface area contributed by atoms with Crippen molar-refractivity contribution in [1.82, 2.24) is 4.90 Å². The molecule has 0 saturated carbocycles. The Morgan fingerprint density at radius 3 is 2.60 bits per heavy atom. The first-order valence-corrected chi connectivity index (χ1v) is 12.7. The van der Waals surface area contributed by atoms with Crippen molar-refractivity contribution in [2.24, 2.45) is 11.8 Å². The van der Waals surface area contributed by atoms with Crippen molar-refractivity contribution < 1.29 is 23.9 Å². The predicted molar refractivity (Wildman–Crippen MR) is 131 cm³/mol. The van der Waals surface area contributed by atoms with Crippen molar-refractivity contribution in [3.8, 4) is 0 Å². The summed E-state index contributed by atoms with van der Waals surface area (Å²) in [5.74, 6) is -3.05. The molecule has 5 heterocycles. The second kappa shape index (κ2) is 7.24. The Kier molecular flexibility index (Phi) is 4.64. The number of ether oxygens (including phenoxy) is 1. The Hall–Kier alpha value is -3.04. The minimum absolute atomic E-state index is 0.206. The number of rotatable bonds is 2. The number of esters is 1. The molecule has 8 nitrogen and oxygen atoms in total. The molecular formula is C26H27N3O5S. The number of fused-ring (bicyclic) bond motifs is 7. The summed E-state index contributed by atoms with van der Waals surface area (Å²) in [5.41, 5.74) is 3.18. The molecular weight excluding hydrogens is 466 g/mol. The van der Waals surface area contributed by atoms with Gasteiger partial charge < -0.3 is 10.1 Å². The fraction of sp³-hybridized carbons (Fsp3) is 0.462. The van der Waals surface area contributed by atoms with E-state index in [0.717, 1.165) is 40.1 Å². The largest absolute Gasteiger partial charge is 0.465 e. The number of imide groups is 1. The number of benzene rings is 1. The zero-order valence-corrected chi connectivity index (χ0v) is 21.2. The molecule has 4 aliphatic heterocycles. The van der Waals surface area contributed by atoms with E-state index >= 15 is 0 Å². The summed E-state index contributed by atoms with van der Waals surface area (Å²) in [6.07, 6.45) is 1.60. The van der Waals surface area contributed by atoms with Crippen LogP contribution in [-0.2, 0) is 24.7 Å². The van der Waals surface area contributed by atoms with Gasteiger partial charge in [-0.1, -0.05) is 17.7 Å². The van der Waals surface area contributed by atoms with Crippen LogP contribution in [0.1, 0.15) is 50.3 Å². The predicted octanol–water partition coefficient (Wildman–Crippen LogP) is 3.20. The van der Waals surface area contributed by atoms with Gasteiger partial charge in [0.15, 0.2) is 0 Å². The van der Waals surface area contributed by atoms with E-state index in [1.807, 2.05) is 32.9 Å². The van der Waals surface area contributed by atoms with E-state index in [1.54, 1.807) is 6.92 Å². The summed E-state index contributed by atoms with van der Waals surface area (Å²) in [5, 5.41) is 3.36. The Morgan fingerprint density at radius 1 is 1.14 bits per heavy atom. The summed E-state index contributed by atoms with van der Waals surface area (Å²) >= 11 is 1.24. The number of thiophene rings is 1. The number of carbonyl (C=O) groups is 4. The Bertz CT molecular complexity index is 1360. The molecule has 6 rings (SSSR count). The second-order valence-corrected chi connectivity index (χ2v) is 11.3. The van der Waals surface area contributed by atoms with E-state index in [4.69, 9.17) is 4.74 Å². The maximum Gasteiger partial charge on any atom is 0.341 e. The molecule has 2 aromatic rings. The van der Waals surface area contributed by atoms with Gasteiger partial charge in [0.05, 0.1) is 24.5 Å². The molecule has 0 bridgehead atoms. The van der Waals surface area contributed by atoms with E-state index in [0.29, 0.717) is 17.1 Å². The van der Waals surface area contributed by atoms with Gasteiger partial charge in [0.25, 0.3) is 0 Å². The highest BCUT2D eigenvalue weighted by molar-refractivity contribution is 7.17. The quantitative estimate of drug-likeness (QED) is 0.510. The fourth-order valence-corrected chi connectivity index (χ4v) is 8.12. The number of amides is 3. The molecule has 4 aliphatic rings. The highest BCUT2D eigenvalue weighted by atomic mass is 32.1. The highest BCUT2D eigenvalue weighted by Crippen LogP contribution is 2.61. The summed E-state index contributed by atoms with van der Waals surface area (Å²) in [4.78, 5) is 58.9. The average molecular weight is 494 g/mol. The number of methoxy groups -OCH3 is 1. The van der Waals surface area contributed by atoms with Crippen molar-refractivity contribution >= 4 is 45.7 Å². The summed E-state index contributed by atoms with van der Waals surface area (Å²) in [6, 6.07) is 3.79. The summed E-state index contributed by atoms with van der Waals surface area (Å²) in [7, 11) is 1.29.